The van der Waals surface area contributed by atoms with E-state index in [9.17, 15) is 4.79 Å². The molecule has 108 valence electrons. The third kappa shape index (κ3) is 3.39. The molecule has 2 aliphatic carbocycles. The number of rotatable bonds is 3. The minimum atomic E-state index is 0.0987. The highest BCUT2D eigenvalue weighted by atomic mass is 16.1. The fourth-order valence-electron chi connectivity index (χ4n) is 3.87. The van der Waals surface area contributed by atoms with E-state index in [-0.39, 0.29) is 5.78 Å². The molecule has 0 saturated heterocycles. The van der Waals surface area contributed by atoms with Crippen LogP contribution in [0.4, 0.5) is 0 Å². The van der Waals surface area contributed by atoms with Crippen LogP contribution in [0.5, 0.6) is 0 Å². The van der Waals surface area contributed by atoms with Crippen LogP contribution in [0.25, 0.3) is 0 Å². The molecule has 0 bridgehead atoms. The van der Waals surface area contributed by atoms with Crippen molar-refractivity contribution < 1.29 is 4.79 Å². The third-order valence-electron chi connectivity index (χ3n) is 4.65. The van der Waals surface area contributed by atoms with E-state index in [0.717, 1.165) is 11.8 Å². The summed E-state index contributed by atoms with van der Waals surface area (Å²) in [6.45, 7) is 8.54. The van der Waals surface area contributed by atoms with E-state index in [1.54, 1.807) is 13.0 Å². The van der Waals surface area contributed by atoms with Crippen molar-refractivity contribution in [2.24, 2.45) is 23.7 Å². The third-order valence-corrected chi connectivity index (χ3v) is 4.65. The van der Waals surface area contributed by atoms with E-state index >= 15 is 0 Å². The van der Waals surface area contributed by atoms with Gasteiger partial charge in [0, 0.05) is 0 Å². The van der Waals surface area contributed by atoms with Crippen LogP contribution in [0.15, 0.2) is 47.6 Å². The lowest BCUT2D eigenvalue weighted by atomic mass is 9.63. The van der Waals surface area contributed by atoms with Gasteiger partial charge in [-0.3, -0.25) is 4.79 Å². The summed E-state index contributed by atoms with van der Waals surface area (Å²) in [4.78, 5) is 10.9. The molecule has 0 aromatic heterocycles. The normalized spacial score (nSPS) is 34.0. The predicted molar refractivity (Wildman–Crippen MR) is 85.3 cm³/mol. The van der Waals surface area contributed by atoms with Crippen molar-refractivity contribution in [2.75, 3.05) is 0 Å². The summed E-state index contributed by atoms with van der Waals surface area (Å²) in [5, 5.41) is 0. The van der Waals surface area contributed by atoms with Crippen LogP contribution in [-0.2, 0) is 4.79 Å². The molecule has 1 unspecified atom stereocenters. The monoisotopic (exact) mass is 270 g/mol. The number of hydrogen-bond donors (Lipinski definition) is 0. The first-order valence-corrected chi connectivity index (χ1v) is 7.73. The van der Waals surface area contributed by atoms with E-state index in [1.807, 2.05) is 12.2 Å². The smallest absolute Gasteiger partial charge is 0.152 e. The van der Waals surface area contributed by atoms with Gasteiger partial charge in [0.1, 0.15) is 0 Å². The molecule has 4 atom stereocenters. The molecule has 0 N–H and O–H groups in total. The van der Waals surface area contributed by atoms with Gasteiger partial charge in [-0.25, -0.2) is 0 Å². The number of hydrogen-bond acceptors (Lipinski definition) is 1. The molecule has 2 rings (SSSR count). The Hall–Kier alpha value is -1.37. The van der Waals surface area contributed by atoms with Gasteiger partial charge in [-0.15, -0.1) is 0 Å². The van der Waals surface area contributed by atoms with Gasteiger partial charge in [0.2, 0.25) is 0 Å². The predicted octanol–water partition coefficient (Wildman–Crippen LogP) is 4.87. The molecular weight excluding hydrogens is 244 g/mol. The second kappa shape index (κ2) is 6.39. The Kier molecular flexibility index (Phi) is 4.80. The van der Waals surface area contributed by atoms with E-state index in [1.165, 1.54) is 24.0 Å². The number of carbonyl (C=O) groups is 1. The van der Waals surface area contributed by atoms with Gasteiger partial charge in [-0.2, -0.15) is 0 Å². The van der Waals surface area contributed by atoms with Gasteiger partial charge in [-0.1, -0.05) is 44.2 Å². The summed E-state index contributed by atoms with van der Waals surface area (Å²) in [6.07, 6.45) is 15.0. The zero-order valence-electron chi connectivity index (χ0n) is 13.1. The fraction of sp³-hybridized carbons (Fsp3) is 0.526. The van der Waals surface area contributed by atoms with E-state index < -0.39 is 0 Å². The molecule has 0 radical (unpaired) electrons. The molecule has 1 saturated carbocycles. The van der Waals surface area contributed by atoms with E-state index in [0.29, 0.717) is 11.8 Å². The standard InChI is InChI=1S/C19H26O/c1-13-11-15(3)19-17(12-13)10-9-14(2)18(19)8-6-5-7-16(4)20/h5-10,13,15,17,19H,11-12H2,1-4H3/b7-5+,8-6+/t13-,15+,17?,19-/m0/s1. The highest BCUT2D eigenvalue weighted by Crippen LogP contribution is 2.45. The SMILES string of the molecule is CC(=O)/C=C/C=C/C1=C(C)C=CC2C[C@@H](C)C[C@@H](C)[C@H]12. The summed E-state index contributed by atoms with van der Waals surface area (Å²) in [7, 11) is 0. The number of fused-ring (bicyclic) bond motifs is 1. The fourth-order valence-corrected chi connectivity index (χ4v) is 3.87. The minimum absolute atomic E-state index is 0.0987. The van der Waals surface area contributed by atoms with Crippen LogP contribution in [-0.4, -0.2) is 5.78 Å². The maximum atomic E-state index is 10.9. The molecular formula is C19H26O. The average molecular weight is 270 g/mol. The molecule has 1 fully saturated rings. The first-order valence-electron chi connectivity index (χ1n) is 7.73. The van der Waals surface area contributed by atoms with Crippen molar-refractivity contribution in [3.8, 4) is 0 Å². The average Bonchev–Trinajstić information content (AvgIpc) is 2.36. The van der Waals surface area contributed by atoms with Crippen LogP contribution in [0.2, 0.25) is 0 Å². The Morgan fingerprint density at radius 1 is 1.25 bits per heavy atom. The zero-order valence-corrected chi connectivity index (χ0v) is 13.1. The number of allylic oxidation sites excluding steroid dienone is 8. The lowest BCUT2D eigenvalue weighted by molar-refractivity contribution is -0.112. The molecule has 1 nitrogen and oxygen atoms in total. The van der Waals surface area contributed by atoms with Crippen molar-refractivity contribution in [1.82, 2.24) is 0 Å². The Balaban J connectivity index is 2.20. The molecule has 20 heavy (non-hydrogen) atoms. The quantitative estimate of drug-likeness (QED) is 0.528. The first kappa shape index (κ1) is 15.0. The molecule has 0 aromatic rings. The Morgan fingerprint density at radius 2 is 2.00 bits per heavy atom. The van der Waals surface area contributed by atoms with E-state index in [2.05, 4.69) is 39.0 Å². The van der Waals surface area contributed by atoms with Gasteiger partial charge in [-0.05, 0) is 67.6 Å². The molecule has 2 aliphatic rings. The zero-order chi connectivity index (χ0) is 14.7. The summed E-state index contributed by atoms with van der Waals surface area (Å²) in [6, 6.07) is 0. The van der Waals surface area contributed by atoms with Crippen molar-refractivity contribution in [3.63, 3.8) is 0 Å². The van der Waals surface area contributed by atoms with Crippen LogP contribution in [0.1, 0.15) is 40.5 Å². The topological polar surface area (TPSA) is 17.1 Å². The lowest BCUT2D eigenvalue weighted by Gasteiger charge is -2.41. The van der Waals surface area contributed by atoms with Gasteiger partial charge in [0.25, 0.3) is 0 Å². The first-order chi connectivity index (χ1) is 9.49. The van der Waals surface area contributed by atoms with Crippen LogP contribution >= 0.6 is 0 Å². The lowest BCUT2D eigenvalue weighted by Crippen LogP contribution is -2.32. The molecule has 1 heteroatoms. The van der Waals surface area contributed by atoms with Gasteiger partial charge in [0.05, 0.1) is 0 Å². The second-order valence-corrected chi connectivity index (χ2v) is 6.57. The molecule has 0 aromatic carbocycles. The van der Waals surface area contributed by atoms with Crippen molar-refractivity contribution in [3.05, 3.63) is 47.6 Å². The minimum Gasteiger partial charge on any atom is -0.295 e. The van der Waals surface area contributed by atoms with Crippen molar-refractivity contribution >= 4 is 5.78 Å². The Labute approximate surface area is 123 Å². The second-order valence-electron chi connectivity index (χ2n) is 6.57. The van der Waals surface area contributed by atoms with Crippen LogP contribution < -0.4 is 0 Å². The van der Waals surface area contributed by atoms with Crippen molar-refractivity contribution in [1.29, 1.82) is 0 Å². The summed E-state index contributed by atoms with van der Waals surface area (Å²) >= 11 is 0. The largest absolute Gasteiger partial charge is 0.295 e. The molecule has 0 heterocycles. The number of ketones is 1. The van der Waals surface area contributed by atoms with Gasteiger partial charge in [0.15, 0.2) is 5.78 Å². The highest BCUT2D eigenvalue weighted by Gasteiger charge is 2.35. The highest BCUT2D eigenvalue weighted by molar-refractivity contribution is 5.87. The van der Waals surface area contributed by atoms with Gasteiger partial charge < -0.3 is 0 Å². The Morgan fingerprint density at radius 3 is 2.70 bits per heavy atom. The number of carbonyl (C=O) groups excluding carboxylic acids is 1. The molecule has 0 spiro atoms. The van der Waals surface area contributed by atoms with Crippen LogP contribution in [0, 0.1) is 23.7 Å². The van der Waals surface area contributed by atoms with Crippen LogP contribution in [0.3, 0.4) is 0 Å². The summed E-state index contributed by atoms with van der Waals surface area (Å²) in [5.41, 5.74) is 2.84. The molecule has 0 amide bonds. The maximum Gasteiger partial charge on any atom is 0.152 e. The van der Waals surface area contributed by atoms with Gasteiger partial charge >= 0.3 is 0 Å². The maximum absolute atomic E-state index is 10.9. The summed E-state index contributed by atoms with van der Waals surface area (Å²) in [5.74, 6) is 3.01. The van der Waals surface area contributed by atoms with E-state index in [4.69, 9.17) is 0 Å². The molecule has 0 aliphatic heterocycles. The summed E-state index contributed by atoms with van der Waals surface area (Å²) < 4.78 is 0. The van der Waals surface area contributed by atoms with Crippen molar-refractivity contribution in [2.45, 2.75) is 40.5 Å². The Bertz CT molecular complexity index is 490.